The van der Waals surface area contributed by atoms with Gasteiger partial charge >= 0.3 is 0 Å². The highest BCUT2D eigenvalue weighted by Crippen LogP contribution is 2.24. The van der Waals surface area contributed by atoms with Crippen LogP contribution in [-0.4, -0.2) is 18.0 Å². The van der Waals surface area contributed by atoms with E-state index in [0.717, 1.165) is 48.1 Å². The second-order valence-corrected chi connectivity index (χ2v) is 5.26. The van der Waals surface area contributed by atoms with Gasteiger partial charge in [0.1, 0.15) is 0 Å². The molecule has 1 aromatic rings. The topological polar surface area (TPSA) is 27.0 Å². The van der Waals surface area contributed by atoms with E-state index < -0.39 is 0 Å². The van der Waals surface area contributed by atoms with Gasteiger partial charge in [-0.15, -0.1) is 0 Å². The van der Waals surface area contributed by atoms with E-state index in [9.17, 15) is 0 Å². The highest BCUT2D eigenvalue weighted by Gasteiger charge is 2.19. The van der Waals surface area contributed by atoms with Gasteiger partial charge in [0.05, 0.1) is 6.07 Å². The molecule has 1 saturated heterocycles. The Morgan fingerprint density at radius 1 is 1.29 bits per heavy atom. The maximum absolute atomic E-state index is 8.84. The van der Waals surface area contributed by atoms with Gasteiger partial charge in [0, 0.05) is 22.5 Å². The Kier molecular flexibility index (Phi) is 4.28. The average Bonchev–Trinajstić information content (AvgIpc) is 2.35. The molecule has 17 heavy (non-hydrogen) atoms. The maximum atomic E-state index is 8.84. The molecular formula is C13H14Cl2N2. The van der Waals surface area contributed by atoms with Crippen molar-refractivity contribution in [2.45, 2.75) is 19.4 Å². The smallest absolute Gasteiger partial charge is 0.0656 e. The number of rotatable bonds is 2. The largest absolute Gasteiger partial charge is 0.299 e. The van der Waals surface area contributed by atoms with Crippen LogP contribution in [0.4, 0.5) is 0 Å². The van der Waals surface area contributed by atoms with E-state index in [1.807, 2.05) is 12.1 Å². The van der Waals surface area contributed by atoms with Crippen molar-refractivity contribution in [2.24, 2.45) is 5.92 Å². The summed E-state index contributed by atoms with van der Waals surface area (Å²) in [5.74, 6) is 0.223. The lowest BCUT2D eigenvalue weighted by molar-refractivity contribution is 0.198. The summed E-state index contributed by atoms with van der Waals surface area (Å²) in [4.78, 5) is 2.32. The van der Waals surface area contributed by atoms with Gasteiger partial charge < -0.3 is 0 Å². The minimum absolute atomic E-state index is 0.223. The second kappa shape index (κ2) is 5.73. The fraction of sp³-hybridized carbons (Fsp3) is 0.462. The molecule has 0 amide bonds. The summed E-state index contributed by atoms with van der Waals surface area (Å²) >= 11 is 12.1. The summed E-state index contributed by atoms with van der Waals surface area (Å²) < 4.78 is 0. The van der Waals surface area contributed by atoms with Crippen LogP contribution in [0.1, 0.15) is 18.4 Å². The summed E-state index contributed by atoms with van der Waals surface area (Å²) in [6.45, 7) is 2.74. The first-order chi connectivity index (χ1) is 8.19. The Morgan fingerprint density at radius 3 is 2.65 bits per heavy atom. The van der Waals surface area contributed by atoms with Gasteiger partial charge in [-0.3, -0.25) is 4.90 Å². The van der Waals surface area contributed by atoms with E-state index in [1.54, 1.807) is 6.07 Å². The summed E-state index contributed by atoms with van der Waals surface area (Å²) in [6, 6.07) is 7.89. The molecule has 1 aliphatic heterocycles. The van der Waals surface area contributed by atoms with E-state index >= 15 is 0 Å². The summed E-state index contributed by atoms with van der Waals surface area (Å²) in [6.07, 6.45) is 1.91. The molecule has 0 aromatic heterocycles. The Hall–Kier alpha value is -0.750. The third kappa shape index (κ3) is 3.35. The summed E-state index contributed by atoms with van der Waals surface area (Å²) in [5.41, 5.74) is 1.06. The van der Waals surface area contributed by atoms with Crippen molar-refractivity contribution in [3.8, 4) is 6.07 Å². The number of benzene rings is 1. The van der Waals surface area contributed by atoms with Crippen LogP contribution >= 0.6 is 23.2 Å². The summed E-state index contributed by atoms with van der Waals surface area (Å²) in [7, 11) is 0. The number of nitriles is 1. The Balaban J connectivity index is 1.98. The molecule has 0 N–H and O–H groups in total. The number of likely N-dealkylation sites (tertiary alicyclic amines) is 1. The van der Waals surface area contributed by atoms with E-state index in [0.29, 0.717) is 0 Å². The van der Waals surface area contributed by atoms with Gasteiger partial charge in [-0.05, 0) is 49.7 Å². The monoisotopic (exact) mass is 268 g/mol. The number of hydrogen-bond acceptors (Lipinski definition) is 2. The van der Waals surface area contributed by atoms with Crippen molar-refractivity contribution in [1.82, 2.24) is 4.90 Å². The van der Waals surface area contributed by atoms with Crippen LogP contribution in [0.2, 0.25) is 10.0 Å². The van der Waals surface area contributed by atoms with E-state index in [-0.39, 0.29) is 5.92 Å². The molecule has 2 nitrogen and oxygen atoms in total. The van der Waals surface area contributed by atoms with Crippen LogP contribution in [0.3, 0.4) is 0 Å². The quantitative estimate of drug-likeness (QED) is 0.818. The molecule has 1 fully saturated rings. The van der Waals surface area contributed by atoms with Gasteiger partial charge in [0.2, 0.25) is 0 Å². The third-order valence-electron chi connectivity index (χ3n) is 3.17. The molecular weight excluding hydrogens is 255 g/mol. The van der Waals surface area contributed by atoms with Gasteiger partial charge in [-0.2, -0.15) is 5.26 Å². The third-order valence-corrected chi connectivity index (χ3v) is 3.78. The lowest BCUT2D eigenvalue weighted by atomic mass is 9.98. The molecule has 1 heterocycles. The molecule has 0 saturated carbocycles. The predicted molar refractivity (Wildman–Crippen MR) is 70.1 cm³/mol. The predicted octanol–water partition coefficient (Wildman–Crippen LogP) is 3.73. The van der Waals surface area contributed by atoms with Crippen molar-refractivity contribution < 1.29 is 0 Å². The number of nitrogens with zero attached hydrogens (tertiary/aromatic N) is 2. The minimum Gasteiger partial charge on any atom is -0.299 e. The van der Waals surface area contributed by atoms with Crippen LogP contribution in [-0.2, 0) is 6.54 Å². The lowest BCUT2D eigenvalue weighted by Gasteiger charge is -2.29. The molecule has 0 aliphatic carbocycles. The van der Waals surface area contributed by atoms with Gasteiger partial charge in [0.25, 0.3) is 0 Å². The molecule has 0 unspecified atom stereocenters. The molecule has 0 atom stereocenters. The van der Waals surface area contributed by atoms with Crippen molar-refractivity contribution in [3.63, 3.8) is 0 Å². The van der Waals surface area contributed by atoms with Crippen LogP contribution in [0, 0.1) is 17.2 Å². The van der Waals surface area contributed by atoms with Crippen molar-refractivity contribution in [2.75, 3.05) is 13.1 Å². The zero-order valence-corrected chi connectivity index (χ0v) is 11.0. The van der Waals surface area contributed by atoms with Crippen molar-refractivity contribution in [3.05, 3.63) is 33.8 Å². The Bertz CT molecular complexity index is 432. The number of hydrogen-bond donors (Lipinski definition) is 0. The molecule has 2 rings (SSSR count). The average molecular weight is 269 g/mol. The fourth-order valence-corrected chi connectivity index (χ4v) is 2.50. The molecule has 90 valence electrons. The zero-order valence-electron chi connectivity index (χ0n) is 9.50. The van der Waals surface area contributed by atoms with Crippen molar-refractivity contribution >= 4 is 23.2 Å². The van der Waals surface area contributed by atoms with Gasteiger partial charge in [-0.25, -0.2) is 0 Å². The molecule has 1 aliphatic rings. The molecule has 0 bridgehead atoms. The van der Waals surface area contributed by atoms with Crippen LogP contribution < -0.4 is 0 Å². The first-order valence-corrected chi connectivity index (χ1v) is 6.50. The van der Waals surface area contributed by atoms with Crippen LogP contribution in [0.15, 0.2) is 18.2 Å². The molecule has 0 spiro atoms. The van der Waals surface area contributed by atoms with E-state index in [2.05, 4.69) is 11.0 Å². The molecule has 4 heteroatoms. The highest BCUT2D eigenvalue weighted by atomic mass is 35.5. The Labute approximate surface area is 112 Å². The Morgan fingerprint density at radius 2 is 2.00 bits per heavy atom. The van der Waals surface area contributed by atoms with Crippen molar-refractivity contribution in [1.29, 1.82) is 5.26 Å². The van der Waals surface area contributed by atoms with E-state index in [4.69, 9.17) is 28.5 Å². The maximum Gasteiger partial charge on any atom is 0.0656 e. The van der Waals surface area contributed by atoms with Gasteiger partial charge in [0.15, 0.2) is 0 Å². The zero-order chi connectivity index (χ0) is 12.3. The normalized spacial score (nSPS) is 17.9. The standard InChI is InChI=1S/C13H14Cl2N2/c14-12-1-2-13(15)11(7-12)9-17-5-3-10(8-16)4-6-17/h1-2,7,10H,3-6,9H2. The first kappa shape index (κ1) is 12.7. The highest BCUT2D eigenvalue weighted by molar-refractivity contribution is 6.33. The number of piperidine rings is 1. The number of halogens is 2. The van der Waals surface area contributed by atoms with E-state index in [1.165, 1.54) is 0 Å². The summed E-state index contributed by atoms with van der Waals surface area (Å²) in [5, 5.41) is 10.3. The minimum atomic E-state index is 0.223. The second-order valence-electron chi connectivity index (χ2n) is 4.42. The molecule has 0 radical (unpaired) electrons. The lowest BCUT2D eigenvalue weighted by Crippen LogP contribution is -2.32. The fourth-order valence-electron chi connectivity index (χ4n) is 2.13. The molecule has 1 aromatic carbocycles. The first-order valence-electron chi connectivity index (χ1n) is 5.75. The van der Waals surface area contributed by atoms with Crippen LogP contribution in [0.25, 0.3) is 0 Å². The van der Waals surface area contributed by atoms with Crippen LogP contribution in [0.5, 0.6) is 0 Å². The van der Waals surface area contributed by atoms with Gasteiger partial charge in [-0.1, -0.05) is 23.2 Å². The SMILES string of the molecule is N#CC1CCN(Cc2cc(Cl)ccc2Cl)CC1.